The molecule has 0 aliphatic carbocycles. The van der Waals surface area contributed by atoms with Gasteiger partial charge in [-0.05, 0) is 42.8 Å². The van der Waals surface area contributed by atoms with Gasteiger partial charge in [0.2, 0.25) is 11.8 Å². The molecule has 0 unspecified atom stereocenters. The van der Waals surface area contributed by atoms with Gasteiger partial charge in [-0.2, -0.15) is 0 Å². The van der Waals surface area contributed by atoms with Crippen molar-refractivity contribution >= 4 is 17.5 Å². The Hall–Kier alpha value is -3.12. The first kappa shape index (κ1) is 18.7. The molecule has 0 saturated heterocycles. The number of aryl methyl sites for hydroxylation is 1. The number of carbonyl (C=O) groups excluding carboxylic acids is 1. The minimum atomic E-state index is -0.177. The molecule has 2 heterocycles. The topological polar surface area (TPSA) is 84.3 Å². The number of phenolic OH excluding ortho intramolecular Hbond substituents is 1. The number of rotatable bonds is 6. The summed E-state index contributed by atoms with van der Waals surface area (Å²) in [6.45, 7) is 2.17. The van der Waals surface area contributed by atoms with Crippen LogP contribution in [0.25, 0.3) is 0 Å². The molecule has 138 valence electrons. The molecule has 0 aliphatic heterocycles. The quantitative estimate of drug-likeness (QED) is 0.676. The maximum absolute atomic E-state index is 12.2. The van der Waals surface area contributed by atoms with Crippen LogP contribution in [0.15, 0.2) is 54.9 Å². The highest BCUT2D eigenvalue weighted by atomic mass is 35.5. The Bertz CT molecular complexity index is 945. The summed E-state index contributed by atoms with van der Waals surface area (Å²) < 4.78 is 5.77. The van der Waals surface area contributed by atoms with Crippen LogP contribution in [0, 0.1) is 6.92 Å². The molecule has 0 fully saturated rings. The number of carbonyl (C=O) groups is 1. The number of hydrogen-bond acceptors (Lipinski definition) is 5. The van der Waals surface area contributed by atoms with Crippen molar-refractivity contribution in [2.45, 2.75) is 19.9 Å². The molecular weight excluding hydrogens is 366 g/mol. The fourth-order valence-corrected chi connectivity index (χ4v) is 2.58. The second kappa shape index (κ2) is 8.51. The number of benzene rings is 1. The number of ether oxygens (including phenoxy) is 1. The molecule has 1 aromatic carbocycles. The van der Waals surface area contributed by atoms with E-state index in [1.807, 2.05) is 25.1 Å². The minimum absolute atomic E-state index is 0.0106. The van der Waals surface area contributed by atoms with E-state index in [1.54, 1.807) is 30.6 Å². The fraction of sp³-hybridized carbons (Fsp3) is 0.150. The monoisotopic (exact) mass is 383 g/mol. The third kappa shape index (κ3) is 5.18. The van der Waals surface area contributed by atoms with Crippen LogP contribution < -0.4 is 10.1 Å². The number of amides is 1. The van der Waals surface area contributed by atoms with Gasteiger partial charge in [-0.15, -0.1) is 0 Å². The van der Waals surface area contributed by atoms with Crippen molar-refractivity contribution in [3.63, 3.8) is 0 Å². The zero-order chi connectivity index (χ0) is 19.2. The molecule has 7 heteroatoms. The number of aromatic hydroxyl groups is 1. The largest absolute Gasteiger partial charge is 0.506 e. The Morgan fingerprint density at radius 3 is 2.81 bits per heavy atom. The summed E-state index contributed by atoms with van der Waals surface area (Å²) in [5.41, 5.74) is 2.35. The highest BCUT2D eigenvalue weighted by molar-refractivity contribution is 6.32. The molecule has 0 bridgehead atoms. The molecule has 3 aromatic rings. The zero-order valence-electron chi connectivity index (χ0n) is 14.6. The first-order chi connectivity index (χ1) is 13.0. The third-order valence-electron chi connectivity index (χ3n) is 3.80. The van der Waals surface area contributed by atoms with Gasteiger partial charge in [0, 0.05) is 24.0 Å². The number of aromatic nitrogens is 2. The molecule has 1 amide bonds. The van der Waals surface area contributed by atoms with E-state index in [-0.39, 0.29) is 29.6 Å². The predicted molar refractivity (Wildman–Crippen MR) is 102 cm³/mol. The number of pyridine rings is 2. The molecule has 27 heavy (non-hydrogen) atoms. The summed E-state index contributed by atoms with van der Waals surface area (Å²) in [6, 6.07) is 12.0. The number of phenols is 1. The molecular formula is C20H18ClN3O3. The summed E-state index contributed by atoms with van der Waals surface area (Å²) in [6.07, 6.45) is 3.40. The van der Waals surface area contributed by atoms with Crippen LogP contribution in [0.2, 0.25) is 5.02 Å². The van der Waals surface area contributed by atoms with Crippen LogP contribution in [0.5, 0.6) is 17.4 Å². The van der Waals surface area contributed by atoms with Crippen molar-refractivity contribution in [3.8, 4) is 17.4 Å². The normalized spacial score (nSPS) is 10.4. The third-order valence-corrected chi connectivity index (χ3v) is 4.10. The van der Waals surface area contributed by atoms with Crippen molar-refractivity contribution in [1.29, 1.82) is 0 Å². The van der Waals surface area contributed by atoms with E-state index in [0.717, 1.165) is 11.3 Å². The van der Waals surface area contributed by atoms with Gasteiger partial charge in [-0.1, -0.05) is 23.7 Å². The van der Waals surface area contributed by atoms with Gasteiger partial charge >= 0.3 is 0 Å². The van der Waals surface area contributed by atoms with Crippen LogP contribution in [0.1, 0.15) is 16.8 Å². The lowest BCUT2D eigenvalue weighted by Gasteiger charge is -2.11. The molecule has 3 rings (SSSR count). The number of nitrogens with zero attached hydrogens (tertiary/aromatic N) is 2. The Balaban J connectivity index is 1.62. The van der Waals surface area contributed by atoms with Crippen LogP contribution in [0.3, 0.4) is 0 Å². The Labute approximate surface area is 161 Å². The van der Waals surface area contributed by atoms with E-state index in [4.69, 9.17) is 16.3 Å². The van der Waals surface area contributed by atoms with Crippen molar-refractivity contribution in [3.05, 3.63) is 76.7 Å². The summed E-state index contributed by atoms with van der Waals surface area (Å²) in [7, 11) is 0. The molecule has 2 aromatic heterocycles. The van der Waals surface area contributed by atoms with E-state index in [1.165, 1.54) is 6.07 Å². The van der Waals surface area contributed by atoms with Crippen LogP contribution in [-0.4, -0.2) is 21.0 Å². The van der Waals surface area contributed by atoms with Crippen molar-refractivity contribution in [2.24, 2.45) is 0 Å². The first-order valence-corrected chi connectivity index (χ1v) is 8.67. The van der Waals surface area contributed by atoms with Crippen LogP contribution in [0.4, 0.5) is 0 Å². The average molecular weight is 384 g/mol. The van der Waals surface area contributed by atoms with Crippen LogP contribution in [-0.2, 0) is 17.8 Å². The SMILES string of the molecule is Cc1ccc(Oc2ncccc2CNC(=O)Cc2ccc(O)c(Cl)c2)cn1. The fourth-order valence-electron chi connectivity index (χ4n) is 2.38. The second-order valence-electron chi connectivity index (χ2n) is 5.94. The molecule has 6 nitrogen and oxygen atoms in total. The van der Waals surface area contributed by atoms with Crippen molar-refractivity contribution in [1.82, 2.24) is 15.3 Å². The highest BCUT2D eigenvalue weighted by Crippen LogP contribution is 2.24. The number of halogens is 1. The van der Waals surface area contributed by atoms with Crippen LogP contribution >= 0.6 is 11.6 Å². The minimum Gasteiger partial charge on any atom is -0.506 e. The number of hydrogen-bond donors (Lipinski definition) is 2. The summed E-state index contributed by atoms with van der Waals surface area (Å²) in [5, 5.41) is 12.5. The second-order valence-corrected chi connectivity index (χ2v) is 6.35. The van der Waals surface area contributed by atoms with E-state index >= 15 is 0 Å². The maximum Gasteiger partial charge on any atom is 0.224 e. The zero-order valence-corrected chi connectivity index (χ0v) is 15.4. The molecule has 0 aliphatic rings. The van der Waals surface area contributed by atoms with E-state index in [0.29, 0.717) is 17.2 Å². The lowest BCUT2D eigenvalue weighted by molar-refractivity contribution is -0.120. The van der Waals surface area contributed by atoms with Gasteiger partial charge in [0.25, 0.3) is 0 Å². The molecule has 0 atom stereocenters. The summed E-state index contributed by atoms with van der Waals surface area (Å²) >= 11 is 5.87. The average Bonchev–Trinajstić information content (AvgIpc) is 2.66. The Morgan fingerprint density at radius 2 is 2.07 bits per heavy atom. The molecule has 0 saturated carbocycles. The lowest BCUT2D eigenvalue weighted by Crippen LogP contribution is -2.24. The first-order valence-electron chi connectivity index (χ1n) is 8.30. The molecule has 0 spiro atoms. The highest BCUT2D eigenvalue weighted by Gasteiger charge is 2.10. The van der Waals surface area contributed by atoms with Gasteiger partial charge < -0.3 is 15.2 Å². The number of nitrogens with one attached hydrogen (secondary N) is 1. The van der Waals surface area contributed by atoms with Gasteiger partial charge in [-0.25, -0.2) is 4.98 Å². The maximum atomic E-state index is 12.2. The Morgan fingerprint density at radius 1 is 1.22 bits per heavy atom. The molecule has 0 radical (unpaired) electrons. The van der Waals surface area contributed by atoms with Gasteiger partial charge in [-0.3, -0.25) is 9.78 Å². The van der Waals surface area contributed by atoms with E-state index < -0.39 is 0 Å². The molecule has 2 N–H and O–H groups in total. The standard InChI is InChI=1S/C20H18ClN3O3/c1-13-4-6-16(12-23-13)27-20-15(3-2-8-22-20)11-24-19(26)10-14-5-7-18(25)17(21)9-14/h2-9,12,25H,10-11H2,1H3,(H,24,26). The van der Waals surface area contributed by atoms with Crippen molar-refractivity contribution in [2.75, 3.05) is 0 Å². The Kier molecular flexibility index (Phi) is 5.88. The summed E-state index contributed by atoms with van der Waals surface area (Å²) in [5.74, 6) is 0.800. The smallest absolute Gasteiger partial charge is 0.224 e. The summed E-state index contributed by atoms with van der Waals surface area (Å²) in [4.78, 5) is 20.6. The van der Waals surface area contributed by atoms with E-state index in [9.17, 15) is 9.90 Å². The van der Waals surface area contributed by atoms with Gasteiger partial charge in [0.1, 0.15) is 11.5 Å². The van der Waals surface area contributed by atoms with E-state index in [2.05, 4.69) is 15.3 Å². The van der Waals surface area contributed by atoms with Crippen molar-refractivity contribution < 1.29 is 14.6 Å². The predicted octanol–water partition coefficient (Wildman–Crippen LogP) is 3.80. The van der Waals surface area contributed by atoms with Gasteiger partial charge in [0.05, 0.1) is 17.6 Å². The van der Waals surface area contributed by atoms with Gasteiger partial charge in [0.15, 0.2) is 0 Å². The lowest BCUT2D eigenvalue weighted by atomic mass is 10.1.